The van der Waals surface area contributed by atoms with Crippen molar-refractivity contribution in [3.63, 3.8) is 0 Å². The first kappa shape index (κ1) is 24.4. The van der Waals surface area contributed by atoms with Crippen molar-refractivity contribution in [2.45, 2.75) is 65.3 Å². The van der Waals surface area contributed by atoms with Crippen molar-refractivity contribution < 1.29 is 19.4 Å². The van der Waals surface area contributed by atoms with E-state index in [1.54, 1.807) is 4.90 Å². The maximum Gasteiger partial charge on any atom is 0.303 e. The summed E-state index contributed by atoms with van der Waals surface area (Å²) in [6.45, 7) is 5.40. The Morgan fingerprint density at radius 2 is 1.74 bits per heavy atom. The van der Waals surface area contributed by atoms with Crippen LogP contribution < -0.4 is 4.74 Å². The monoisotopic (exact) mass is 425 g/mol. The minimum atomic E-state index is -0.803. The zero-order valence-corrected chi connectivity index (χ0v) is 19.0. The average molecular weight is 426 g/mol. The van der Waals surface area contributed by atoms with Gasteiger partial charge in [0.05, 0.1) is 6.61 Å². The first-order valence-electron chi connectivity index (χ1n) is 11.2. The molecule has 168 valence electrons. The van der Waals surface area contributed by atoms with Crippen molar-refractivity contribution >= 4 is 11.9 Å². The molecular weight excluding hydrogens is 390 g/mol. The summed E-state index contributed by atoms with van der Waals surface area (Å²) in [7, 11) is 1.85. The largest absolute Gasteiger partial charge is 0.493 e. The Hall–Kier alpha value is -2.82. The van der Waals surface area contributed by atoms with E-state index < -0.39 is 5.97 Å². The van der Waals surface area contributed by atoms with Crippen LogP contribution in [0.3, 0.4) is 0 Å². The summed E-state index contributed by atoms with van der Waals surface area (Å²) in [5.74, 6) is 0.141. The van der Waals surface area contributed by atoms with Gasteiger partial charge < -0.3 is 14.7 Å². The number of ether oxygens (including phenoxy) is 1. The second-order valence-corrected chi connectivity index (χ2v) is 7.98. The van der Waals surface area contributed by atoms with Gasteiger partial charge in [-0.15, -0.1) is 0 Å². The van der Waals surface area contributed by atoms with Crippen molar-refractivity contribution in [2.75, 3.05) is 13.7 Å². The lowest BCUT2D eigenvalue weighted by molar-refractivity contribution is -0.137. The van der Waals surface area contributed by atoms with Gasteiger partial charge in [-0.05, 0) is 48.1 Å². The molecule has 0 fully saturated rings. The minimum Gasteiger partial charge on any atom is -0.493 e. The summed E-state index contributed by atoms with van der Waals surface area (Å²) in [6, 6.07) is 14.1. The van der Waals surface area contributed by atoms with E-state index in [2.05, 4.69) is 19.9 Å². The topological polar surface area (TPSA) is 66.8 Å². The third-order valence-corrected chi connectivity index (χ3v) is 5.26. The normalized spacial score (nSPS) is 10.7. The lowest BCUT2D eigenvalue weighted by atomic mass is 9.99. The van der Waals surface area contributed by atoms with Crippen LogP contribution in [0.5, 0.6) is 5.75 Å². The molecule has 5 heteroatoms. The van der Waals surface area contributed by atoms with Gasteiger partial charge in [0.1, 0.15) is 5.75 Å². The molecule has 0 radical (unpaired) electrons. The van der Waals surface area contributed by atoms with Crippen LogP contribution in [-0.4, -0.2) is 35.5 Å². The highest BCUT2D eigenvalue weighted by Crippen LogP contribution is 2.32. The highest BCUT2D eigenvalue weighted by Gasteiger charge is 2.12. The van der Waals surface area contributed by atoms with E-state index in [4.69, 9.17) is 9.84 Å². The number of unbranched alkanes of at least 4 members (excludes halogenated alkanes) is 2. The lowest BCUT2D eigenvalue weighted by Gasteiger charge is -2.18. The molecule has 0 saturated carbocycles. The number of amides is 1. The third kappa shape index (κ3) is 8.08. The number of aryl methyl sites for hydroxylation is 1. The summed E-state index contributed by atoms with van der Waals surface area (Å²) >= 11 is 0. The lowest BCUT2D eigenvalue weighted by Crippen LogP contribution is -2.25. The highest BCUT2D eigenvalue weighted by molar-refractivity contribution is 5.76. The molecule has 31 heavy (non-hydrogen) atoms. The smallest absolute Gasteiger partial charge is 0.303 e. The fraction of sp³-hybridized carbons (Fsp3) is 0.462. The zero-order chi connectivity index (χ0) is 22.6. The Morgan fingerprint density at radius 1 is 0.968 bits per heavy atom. The Kier molecular flexibility index (Phi) is 10.1. The Balaban J connectivity index is 2.23. The van der Waals surface area contributed by atoms with E-state index in [1.165, 1.54) is 0 Å². The first-order valence-corrected chi connectivity index (χ1v) is 11.2. The molecule has 0 spiro atoms. The number of hydrogen-bond acceptors (Lipinski definition) is 3. The number of benzene rings is 2. The van der Waals surface area contributed by atoms with Crippen LogP contribution in [-0.2, 0) is 22.6 Å². The average Bonchev–Trinajstić information content (AvgIpc) is 2.76. The molecular formula is C26H35NO4. The molecule has 0 saturated heterocycles. The van der Waals surface area contributed by atoms with Crippen LogP contribution in [0.15, 0.2) is 42.5 Å². The molecule has 0 unspecified atom stereocenters. The fourth-order valence-corrected chi connectivity index (χ4v) is 3.38. The molecule has 0 aromatic heterocycles. The summed E-state index contributed by atoms with van der Waals surface area (Å²) in [4.78, 5) is 25.0. The Morgan fingerprint density at radius 3 is 2.45 bits per heavy atom. The molecule has 2 aromatic carbocycles. The van der Waals surface area contributed by atoms with Gasteiger partial charge in [-0.1, -0.05) is 57.0 Å². The van der Waals surface area contributed by atoms with Crippen molar-refractivity contribution in [3.8, 4) is 16.9 Å². The van der Waals surface area contributed by atoms with E-state index in [0.717, 1.165) is 53.7 Å². The molecule has 0 heterocycles. The second-order valence-electron chi connectivity index (χ2n) is 7.98. The fourth-order valence-electron chi connectivity index (χ4n) is 3.38. The maximum atomic E-state index is 12.3. The van der Waals surface area contributed by atoms with Crippen molar-refractivity contribution in [1.29, 1.82) is 0 Å². The van der Waals surface area contributed by atoms with Crippen LogP contribution >= 0.6 is 0 Å². The van der Waals surface area contributed by atoms with Crippen molar-refractivity contribution in [2.24, 2.45) is 0 Å². The molecule has 2 rings (SSSR count). The van der Waals surface area contributed by atoms with Gasteiger partial charge in [0.2, 0.25) is 5.91 Å². The second kappa shape index (κ2) is 12.8. The number of carboxylic acids is 1. The first-order chi connectivity index (χ1) is 14.9. The van der Waals surface area contributed by atoms with Gasteiger partial charge in [0.25, 0.3) is 0 Å². The van der Waals surface area contributed by atoms with E-state index in [0.29, 0.717) is 26.0 Å². The Bertz CT molecular complexity index is 862. The maximum absolute atomic E-state index is 12.3. The quantitative estimate of drug-likeness (QED) is 0.418. The van der Waals surface area contributed by atoms with E-state index in [1.807, 2.05) is 43.4 Å². The number of carboxylic acid groups (broad SMARTS) is 1. The minimum absolute atomic E-state index is 0.0988. The van der Waals surface area contributed by atoms with Gasteiger partial charge in [-0.3, -0.25) is 9.59 Å². The molecule has 0 atom stereocenters. The standard InChI is InChI=1S/C26H35NO4/c1-4-6-11-25(28)27(3)19-21-9-8-10-22(17-21)23-14-12-20(13-15-26(29)30)18-24(23)31-16-7-5-2/h8-10,12,14,17-18H,4-7,11,13,15-16,19H2,1-3H3,(H,29,30). The number of rotatable bonds is 13. The van der Waals surface area contributed by atoms with Crippen molar-refractivity contribution in [3.05, 3.63) is 53.6 Å². The van der Waals surface area contributed by atoms with Crippen LogP contribution in [0, 0.1) is 0 Å². The van der Waals surface area contributed by atoms with Gasteiger partial charge >= 0.3 is 5.97 Å². The Labute approximate surface area is 186 Å². The molecule has 1 amide bonds. The van der Waals surface area contributed by atoms with Crippen LogP contribution in [0.4, 0.5) is 0 Å². The van der Waals surface area contributed by atoms with E-state index in [-0.39, 0.29) is 12.3 Å². The van der Waals surface area contributed by atoms with Gasteiger partial charge in [0, 0.05) is 32.0 Å². The van der Waals surface area contributed by atoms with E-state index >= 15 is 0 Å². The molecule has 0 aliphatic heterocycles. The number of nitrogens with zero attached hydrogens (tertiary/aromatic N) is 1. The number of carbonyl (C=O) groups excluding carboxylic acids is 1. The molecule has 0 aliphatic rings. The van der Waals surface area contributed by atoms with E-state index in [9.17, 15) is 9.59 Å². The number of carbonyl (C=O) groups is 2. The number of hydrogen-bond donors (Lipinski definition) is 1. The predicted molar refractivity (Wildman–Crippen MR) is 124 cm³/mol. The SMILES string of the molecule is CCCCOc1cc(CCC(=O)O)ccc1-c1cccc(CN(C)C(=O)CCCC)c1. The van der Waals surface area contributed by atoms with Gasteiger partial charge in [0.15, 0.2) is 0 Å². The summed E-state index contributed by atoms with van der Waals surface area (Å²) in [5, 5.41) is 8.98. The highest BCUT2D eigenvalue weighted by atomic mass is 16.5. The third-order valence-electron chi connectivity index (χ3n) is 5.26. The molecule has 5 nitrogen and oxygen atoms in total. The van der Waals surface area contributed by atoms with Gasteiger partial charge in [-0.25, -0.2) is 0 Å². The predicted octanol–water partition coefficient (Wildman–Crippen LogP) is 5.70. The summed E-state index contributed by atoms with van der Waals surface area (Å²) < 4.78 is 6.07. The summed E-state index contributed by atoms with van der Waals surface area (Å²) in [6.07, 6.45) is 5.09. The van der Waals surface area contributed by atoms with Crippen LogP contribution in [0.1, 0.15) is 63.5 Å². The molecule has 2 aromatic rings. The van der Waals surface area contributed by atoms with Crippen LogP contribution in [0.25, 0.3) is 11.1 Å². The zero-order valence-electron chi connectivity index (χ0n) is 19.0. The number of aliphatic carboxylic acids is 1. The van der Waals surface area contributed by atoms with Gasteiger partial charge in [-0.2, -0.15) is 0 Å². The molecule has 0 aliphatic carbocycles. The van der Waals surface area contributed by atoms with Crippen molar-refractivity contribution in [1.82, 2.24) is 4.90 Å². The molecule has 1 N–H and O–H groups in total. The van der Waals surface area contributed by atoms with Crippen LogP contribution in [0.2, 0.25) is 0 Å². The molecule has 0 bridgehead atoms. The summed E-state index contributed by atoms with van der Waals surface area (Å²) in [5.41, 5.74) is 4.04.